The van der Waals surface area contributed by atoms with Crippen LogP contribution in [0.15, 0.2) is 170 Å². The second-order valence-corrected chi connectivity index (χ2v) is 17.5. The van der Waals surface area contributed by atoms with Gasteiger partial charge in [0.15, 0.2) is 11.6 Å². The number of esters is 2. The van der Waals surface area contributed by atoms with Crippen LogP contribution >= 0.6 is 0 Å². The quantitative estimate of drug-likeness (QED) is 0.0515. The van der Waals surface area contributed by atoms with Gasteiger partial charge < -0.3 is 39.1 Å². The molecule has 0 aliphatic rings. The maximum Gasteiger partial charge on any atom is 0.341 e. The number of benzene rings is 8. The van der Waals surface area contributed by atoms with E-state index in [0.717, 1.165) is 66.0 Å². The van der Waals surface area contributed by atoms with Crippen LogP contribution in [0.2, 0.25) is 0 Å². The van der Waals surface area contributed by atoms with E-state index in [2.05, 4.69) is 19.8 Å². The highest BCUT2D eigenvalue weighted by Gasteiger charge is 2.24. The molecule has 12 heteroatoms. The first-order valence-electron chi connectivity index (χ1n) is 23.9. The molecule has 0 saturated carbocycles. The first kappa shape index (κ1) is 48.8. The van der Waals surface area contributed by atoms with Crippen LogP contribution in [-0.2, 0) is 22.6 Å². The Bertz CT molecular complexity index is 3730. The van der Waals surface area contributed by atoms with Crippen LogP contribution in [0, 0.1) is 13.8 Å². The van der Waals surface area contributed by atoms with Crippen molar-refractivity contribution in [2.24, 2.45) is 0 Å². The Balaban J connectivity index is 0.000000180. The molecule has 0 bridgehead atoms. The number of nitrogens with zero attached hydrogens (tertiary/aromatic N) is 2. The Morgan fingerprint density at radius 2 is 0.877 bits per heavy atom. The van der Waals surface area contributed by atoms with Gasteiger partial charge in [-0.15, -0.1) is 0 Å². The molecule has 366 valence electrons. The lowest BCUT2D eigenvalue weighted by Gasteiger charge is -2.13. The van der Waals surface area contributed by atoms with Gasteiger partial charge in [0, 0.05) is 81.9 Å². The van der Waals surface area contributed by atoms with Crippen LogP contribution in [0.5, 0.6) is 11.5 Å². The van der Waals surface area contributed by atoms with E-state index in [4.69, 9.17) is 14.2 Å². The summed E-state index contributed by atoms with van der Waals surface area (Å²) in [5, 5.41) is 22.5. The normalized spacial score (nSPS) is 11.0. The van der Waals surface area contributed by atoms with Crippen molar-refractivity contribution in [1.82, 2.24) is 9.13 Å². The summed E-state index contributed by atoms with van der Waals surface area (Å²) in [5.41, 5.74) is 8.58. The van der Waals surface area contributed by atoms with E-state index < -0.39 is 11.9 Å². The van der Waals surface area contributed by atoms with Crippen LogP contribution in [-0.4, -0.2) is 72.2 Å². The van der Waals surface area contributed by atoms with E-state index in [1.54, 1.807) is 24.3 Å². The molecule has 10 rings (SSSR count). The number of ether oxygens (including phenoxy) is 3. The molecule has 73 heavy (non-hydrogen) atoms. The zero-order valence-electron chi connectivity index (χ0n) is 41.2. The molecule has 2 heterocycles. The van der Waals surface area contributed by atoms with Crippen LogP contribution in [0.3, 0.4) is 0 Å². The number of aromatic hydroxyl groups is 1. The highest BCUT2D eigenvalue weighted by molar-refractivity contribution is 6.23. The summed E-state index contributed by atoms with van der Waals surface area (Å²) in [6.45, 7) is 6.36. The highest BCUT2D eigenvalue weighted by atomic mass is 16.5. The standard InChI is InChI=1S/C31H28N2O4.C30H26N2O4/c1-20-29(30(34)24-13-8-10-21-9-4-5-11-23(21)24)25-12-6-7-14-27(25)33(20)18-17-32-22-15-16-28(36-2)26(19-22)31(35)37-3;1-19-28(29(34)23-12-7-9-20-8-3-4-10-22(20)23)24-11-5-6-13-26(24)32(19)17-16-31-21-14-15-27(33)25(18-21)30(35)36-2/h4-16,19,32H,17-18H2,1-3H3;3-15,18,31,33H,16-17H2,1-2H3. The molecule has 8 aromatic carbocycles. The van der Waals surface area contributed by atoms with Gasteiger partial charge in [0.05, 0.1) is 32.5 Å². The Kier molecular flexibility index (Phi) is 14.4. The molecule has 0 aliphatic carbocycles. The molecule has 0 unspecified atom stereocenters. The maximum absolute atomic E-state index is 13.9. The first-order chi connectivity index (χ1) is 35.5. The number of hydrogen-bond acceptors (Lipinski definition) is 10. The number of nitrogens with one attached hydrogen (secondary N) is 2. The van der Waals surface area contributed by atoms with Gasteiger partial charge in [-0.2, -0.15) is 0 Å². The lowest BCUT2D eigenvalue weighted by Crippen LogP contribution is -2.13. The van der Waals surface area contributed by atoms with Gasteiger partial charge in [-0.3, -0.25) is 9.59 Å². The van der Waals surface area contributed by atoms with Crippen molar-refractivity contribution in [3.05, 3.63) is 215 Å². The van der Waals surface area contributed by atoms with Crippen molar-refractivity contribution in [1.29, 1.82) is 0 Å². The first-order valence-corrected chi connectivity index (χ1v) is 23.9. The second kappa shape index (κ2) is 21.5. The fourth-order valence-electron chi connectivity index (χ4n) is 9.76. The number of ketones is 2. The van der Waals surface area contributed by atoms with Crippen molar-refractivity contribution in [3.63, 3.8) is 0 Å². The average Bonchev–Trinajstić information content (AvgIpc) is 3.88. The molecule has 3 N–H and O–H groups in total. The van der Waals surface area contributed by atoms with Crippen molar-refractivity contribution in [2.75, 3.05) is 45.1 Å². The van der Waals surface area contributed by atoms with Gasteiger partial charge in [-0.25, -0.2) is 9.59 Å². The third-order valence-corrected chi connectivity index (χ3v) is 13.3. The lowest BCUT2D eigenvalue weighted by molar-refractivity contribution is 0.0588. The van der Waals surface area contributed by atoms with Gasteiger partial charge in [-0.1, -0.05) is 121 Å². The molecule has 0 radical (unpaired) electrons. The van der Waals surface area contributed by atoms with Crippen LogP contribution < -0.4 is 15.4 Å². The smallest absolute Gasteiger partial charge is 0.341 e. The Labute approximate surface area is 422 Å². The average molecular weight is 971 g/mol. The molecule has 0 amide bonds. The van der Waals surface area contributed by atoms with Crippen LogP contribution in [0.25, 0.3) is 43.4 Å². The maximum atomic E-state index is 13.9. The number of anilines is 2. The number of rotatable bonds is 15. The van der Waals surface area contributed by atoms with Gasteiger partial charge in [0.1, 0.15) is 22.6 Å². The van der Waals surface area contributed by atoms with Gasteiger partial charge in [0.25, 0.3) is 0 Å². The Hall–Kier alpha value is -9.16. The summed E-state index contributed by atoms with van der Waals surface area (Å²) in [4.78, 5) is 51.8. The second-order valence-electron chi connectivity index (χ2n) is 17.5. The number of hydrogen-bond donors (Lipinski definition) is 3. The SMILES string of the molecule is COC(=O)c1cc(NCCn2c(C)c(C(=O)c3cccc4ccccc34)c3ccccc32)ccc1O.COC(=O)c1cc(NCCn2c(C)c(C(=O)c3cccc4ccccc34)c3ccccc32)ccc1OC. The zero-order valence-corrected chi connectivity index (χ0v) is 41.2. The number of para-hydroxylation sites is 2. The van der Waals surface area contributed by atoms with Crippen molar-refractivity contribution < 1.29 is 38.5 Å². The number of fused-ring (bicyclic) bond motifs is 4. The van der Waals surface area contributed by atoms with Crippen LogP contribution in [0.1, 0.15) is 63.9 Å². The molecule has 0 spiro atoms. The minimum absolute atomic E-state index is 0.00784. The molecule has 0 fully saturated rings. The third-order valence-electron chi connectivity index (χ3n) is 13.3. The van der Waals surface area contributed by atoms with E-state index in [-0.39, 0.29) is 22.9 Å². The molecule has 2 aromatic heterocycles. The Morgan fingerprint density at radius 1 is 0.466 bits per heavy atom. The molecular formula is C61H54N4O8. The third kappa shape index (κ3) is 9.70. The number of phenolic OH excluding ortho intramolecular Hbond substituents is 1. The minimum Gasteiger partial charge on any atom is -0.507 e. The largest absolute Gasteiger partial charge is 0.507 e. The Morgan fingerprint density at radius 3 is 1.36 bits per heavy atom. The fourth-order valence-corrected chi connectivity index (χ4v) is 9.76. The molecule has 0 atom stereocenters. The zero-order chi connectivity index (χ0) is 51.2. The number of aromatic nitrogens is 2. The molecule has 0 saturated heterocycles. The minimum atomic E-state index is -0.597. The van der Waals surface area contributed by atoms with E-state index in [1.165, 1.54) is 27.4 Å². The topological polar surface area (TPSA) is 150 Å². The summed E-state index contributed by atoms with van der Waals surface area (Å²) in [6, 6.07) is 53.6. The van der Waals surface area contributed by atoms with E-state index in [9.17, 15) is 24.3 Å². The van der Waals surface area contributed by atoms with E-state index in [0.29, 0.717) is 59.9 Å². The summed E-state index contributed by atoms with van der Waals surface area (Å²) < 4.78 is 19.2. The van der Waals surface area contributed by atoms with Gasteiger partial charge in [-0.05, 0) is 83.9 Å². The number of phenols is 1. The molecule has 0 aliphatic heterocycles. The van der Waals surface area contributed by atoms with Crippen molar-refractivity contribution >= 4 is 78.2 Å². The van der Waals surface area contributed by atoms with E-state index >= 15 is 0 Å². The van der Waals surface area contributed by atoms with Crippen molar-refractivity contribution in [3.8, 4) is 11.5 Å². The number of carbonyl (C=O) groups is 4. The summed E-state index contributed by atoms with van der Waals surface area (Å²) in [5.74, 6) is -0.689. The number of carbonyl (C=O) groups excluding carboxylic acids is 4. The van der Waals surface area contributed by atoms with E-state index in [1.807, 2.05) is 153 Å². The summed E-state index contributed by atoms with van der Waals surface area (Å²) >= 11 is 0. The fraction of sp³-hybridized carbons (Fsp3) is 0.148. The van der Waals surface area contributed by atoms with Crippen molar-refractivity contribution in [2.45, 2.75) is 26.9 Å². The molecular weight excluding hydrogens is 917 g/mol. The lowest BCUT2D eigenvalue weighted by atomic mass is 9.95. The van der Waals surface area contributed by atoms with Gasteiger partial charge >= 0.3 is 11.9 Å². The summed E-state index contributed by atoms with van der Waals surface area (Å²) in [6.07, 6.45) is 0. The van der Waals surface area contributed by atoms with Gasteiger partial charge in [0.2, 0.25) is 0 Å². The molecule has 10 aromatic rings. The highest BCUT2D eigenvalue weighted by Crippen LogP contribution is 2.33. The summed E-state index contributed by atoms with van der Waals surface area (Å²) in [7, 11) is 4.14. The monoisotopic (exact) mass is 970 g/mol. The van der Waals surface area contributed by atoms with Crippen LogP contribution in [0.4, 0.5) is 11.4 Å². The molecule has 12 nitrogen and oxygen atoms in total. The number of methoxy groups -OCH3 is 3. The predicted molar refractivity (Wildman–Crippen MR) is 289 cm³/mol. The predicted octanol–water partition coefficient (Wildman–Crippen LogP) is 12.2.